The van der Waals surface area contributed by atoms with Crippen molar-refractivity contribution in [2.75, 3.05) is 13.7 Å². The lowest BCUT2D eigenvalue weighted by atomic mass is 10.1. The minimum Gasteiger partial charge on any atom is -0.497 e. The monoisotopic (exact) mass is 275 g/mol. The average Bonchev–Trinajstić information content (AvgIpc) is 2.84. The fraction of sp³-hybridized carbons (Fsp3) is 0.400. The zero-order chi connectivity index (χ0) is 14.5. The summed E-state index contributed by atoms with van der Waals surface area (Å²) in [5.41, 5.74) is 8.08. The van der Waals surface area contributed by atoms with Crippen LogP contribution in [0.4, 0.5) is 0 Å². The molecule has 0 aliphatic rings. The van der Waals surface area contributed by atoms with Crippen molar-refractivity contribution in [1.29, 1.82) is 0 Å². The van der Waals surface area contributed by atoms with Crippen LogP contribution in [0, 0.1) is 0 Å². The zero-order valence-electron chi connectivity index (χ0n) is 12.2. The SMILES string of the molecule is COc1ccc([C@@H](C)N)c(OCCc2ccnn2C)c1. The number of hydrogen-bond acceptors (Lipinski definition) is 4. The Kier molecular flexibility index (Phi) is 4.63. The summed E-state index contributed by atoms with van der Waals surface area (Å²) in [7, 11) is 3.56. The Labute approximate surface area is 119 Å². The van der Waals surface area contributed by atoms with E-state index in [0.717, 1.165) is 29.2 Å². The molecule has 0 unspecified atom stereocenters. The molecule has 20 heavy (non-hydrogen) atoms. The average molecular weight is 275 g/mol. The number of nitrogens with two attached hydrogens (primary N) is 1. The molecular weight excluding hydrogens is 254 g/mol. The molecule has 2 aromatic rings. The van der Waals surface area contributed by atoms with E-state index in [-0.39, 0.29) is 6.04 Å². The summed E-state index contributed by atoms with van der Waals surface area (Å²) in [5, 5.41) is 4.14. The van der Waals surface area contributed by atoms with Crippen molar-refractivity contribution in [3.05, 3.63) is 41.7 Å². The summed E-state index contributed by atoms with van der Waals surface area (Å²) in [6.07, 6.45) is 2.58. The van der Waals surface area contributed by atoms with Gasteiger partial charge in [-0.2, -0.15) is 5.10 Å². The number of hydrogen-bond donors (Lipinski definition) is 1. The van der Waals surface area contributed by atoms with Crippen LogP contribution in [0.25, 0.3) is 0 Å². The largest absolute Gasteiger partial charge is 0.497 e. The van der Waals surface area contributed by atoms with E-state index in [2.05, 4.69) is 5.10 Å². The van der Waals surface area contributed by atoms with Gasteiger partial charge in [0.2, 0.25) is 0 Å². The molecule has 2 N–H and O–H groups in total. The second-order valence-electron chi connectivity index (χ2n) is 4.74. The first kappa shape index (κ1) is 14.4. The predicted octanol–water partition coefficient (Wildman–Crippen LogP) is 2.07. The third-order valence-corrected chi connectivity index (χ3v) is 3.25. The first-order chi connectivity index (χ1) is 9.61. The summed E-state index contributed by atoms with van der Waals surface area (Å²) in [4.78, 5) is 0. The first-order valence-electron chi connectivity index (χ1n) is 6.65. The minimum absolute atomic E-state index is 0.0763. The van der Waals surface area contributed by atoms with Gasteiger partial charge in [-0.3, -0.25) is 4.68 Å². The lowest BCUT2D eigenvalue weighted by Gasteiger charge is -2.15. The Hall–Kier alpha value is -2.01. The van der Waals surface area contributed by atoms with E-state index in [0.29, 0.717) is 6.61 Å². The van der Waals surface area contributed by atoms with Crippen molar-refractivity contribution in [1.82, 2.24) is 9.78 Å². The van der Waals surface area contributed by atoms with E-state index in [1.54, 1.807) is 13.3 Å². The first-order valence-corrected chi connectivity index (χ1v) is 6.65. The van der Waals surface area contributed by atoms with Crippen LogP contribution < -0.4 is 15.2 Å². The Morgan fingerprint density at radius 2 is 2.15 bits per heavy atom. The number of methoxy groups -OCH3 is 1. The molecule has 0 aliphatic carbocycles. The predicted molar refractivity (Wildman–Crippen MR) is 78.0 cm³/mol. The van der Waals surface area contributed by atoms with E-state index in [4.69, 9.17) is 15.2 Å². The van der Waals surface area contributed by atoms with Gasteiger partial charge in [0.15, 0.2) is 0 Å². The molecule has 0 bridgehead atoms. The van der Waals surface area contributed by atoms with Crippen molar-refractivity contribution in [3.63, 3.8) is 0 Å². The van der Waals surface area contributed by atoms with Crippen molar-refractivity contribution in [3.8, 4) is 11.5 Å². The molecule has 1 heterocycles. The highest BCUT2D eigenvalue weighted by atomic mass is 16.5. The maximum atomic E-state index is 5.96. The van der Waals surface area contributed by atoms with E-state index >= 15 is 0 Å². The van der Waals surface area contributed by atoms with E-state index in [9.17, 15) is 0 Å². The third kappa shape index (κ3) is 3.30. The number of ether oxygens (including phenoxy) is 2. The number of nitrogens with zero attached hydrogens (tertiary/aromatic N) is 2. The molecular formula is C15H21N3O2. The van der Waals surface area contributed by atoms with Crippen molar-refractivity contribution in [2.45, 2.75) is 19.4 Å². The van der Waals surface area contributed by atoms with Crippen molar-refractivity contribution in [2.24, 2.45) is 12.8 Å². The summed E-state index contributed by atoms with van der Waals surface area (Å²) >= 11 is 0. The molecule has 0 radical (unpaired) electrons. The van der Waals surface area contributed by atoms with Crippen LogP contribution in [0.1, 0.15) is 24.2 Å². The lowest BCUT2D eigenvalue weighted by Crippen LogP contribution is -2.11. The maximum absolute atomic E-state index is 5.96. The van der Waals surface area contributed by atoms with Gasteiger partial charge in [-0.15, -0.1) is 0 Å². The molecule has 2 rings (SSSR count). The minimum atomic E-state index is -0.0763. The Bertz CT molecular complexity index is 564. The van der Waals surface area contributed by atoms with Crippen LogP contribution in [0.5, 0.6) is 11.5 Å². The van der Waals surface area contributed by atoms with Gasteiger partial charge in [0.1, 0.15) is 11.5 Å². The standard InChI is InChI=1S/C15H21N3O2/c1-11(16)14-5-4-13(19-3)10-15(14)20-9-7-12-6-8-17-18(12)2/h4-6,8,10-11H,7,9,16H2,1-3H3/t11-/m1/s1. The van der Waals surface area contributed by atoms with Crippen molar-refractivity contribution >= 4 is 0 Å². The number of aromatic nitrogens is 2. The lowest BCUT2D eigenvalue weighted by molar-refractivity contribution is 0.311. The molecule has 0 aliphatic heterocycles. The van der Waals surface area contributed by atoms with Crippen LogP contribution in [0.3, 0.4) is 0 Å². The van der Waals surface area contributed by atoms with Gasteiger partial charge in [0, 0.05) is 43.0 Å². The summed E-state index contributed by atoms with van der Waals surface area (Å²) < 4.78 is 12.9. The fourth-order valence-corrected chi connectivity index (χ4v) is 2.05. The fourth-order valence-electron chi connectivity index (χ4n) is 2.05. The smallest absolute Gasteiger partial charge is 0.127 e. The highest BCUT2D eigenvalue weighted by molar-refractivity contribution is 5.42. The summed E-state index contributed by atoms with van der Waals surface area (Å²) in [6, 6.07) is 7.63. The quantitative estimate of drug-likeness (QED) is 0.876. The zero-order valence-corrected chi connectivity index (χ0v) is 12.2. The van der Waals surface area contributed by atoms with Gasteiger partial charge < -0.3 is 15.2 Å². The second kappa shape index (κ2) is 6.43. The van der Waals surface area contributed by atoms with Crippen LogP contribution in [0.2, 0.25) is 0 Å². The van der Waals surface area contributed by atoms with Crippen LogP contribution in [-0.4, -0.2) is 23.5 Å². The Morgan fingerprint density at radius 1 is 1.35 bits per heavy atom. The van der Waals surface area contributed by atoms with Crippen LogP contribution >= 0.6 is 0 Å². The summed E-state index contributed by atoms with van der Waals surface area (Å²) in [5.74, 6) is 1.55. The van der Waals surface area contributed by atoms with E-state index in [1.165, 1.54) is 0 Å². The molecule has 5 heteroatoms. The highest BCUT2D eigenvalue weighted by Gasteiger charge is 2.10. The molecule has 0 fully saturated rings. The van der Waals surface area contributed by atoms with Gasteiger partial charge >= 0.3 is 0 Å². The second-order valence-corrected chi connectivity index (χ2v) is 4.74. The Morgan fingerprint density at radius 3 is 2.75 bits per heavy atom. The van der Waals surface area contributed by atoms with Crippen LogP contribution in [0.15, 0.2) is 30.5 Å². The van der Waals surface area contributed by atoms with Gasteiger partial charge in [-0.05, 0) is 19.1 Å². The topological polar surface area (TPSA) is 62.3 Å². The molecule has 0 saturated heterocycles. The highest BCUT2D eigenvalue weighted by Crippen LogP contribution is 2.28. The molecule has 1 aromatic heterocycles. The molecule has 0 amide bonds. The molecule has 1 atom stereocenters. The maximum Gasteiger partial charge on any atom is 0.127 e. The van der Waals surface area contributed by atoms with Crippen molar-refractivity contribution < 1.29 is 9.47 Å². The van der Waals surface area contributed by atoms with Gasteiger partial charge in [0.25, 0.3) is 0 Å². The molecule has 5 nitrogen and oxygen atoms in total. The number of aryl methyl sites for hydroxylation is 1. The number of rotatable bonds is 6. The van der Waals surface area contributed by atoms with Gasteiger partial charge in [0.05, 0.1) is 13.7 Å². The third-order valence-electron chi connectivity index (χ3n) is 3.25. The molecule has 1 aromatic carbocycles. The molecule has 0 saturated carbocycles. The number of benzene rings is 1. The van der Waals surface area contributed by atoms with E-state index < -0.39 is 0 Å². The Balaban J connectivity index is 2.05. The molecule has 108 valence electrons. The van der Waals surface area contributed by atoms with E-state index in [1.807, 2.05) is 42.9 Å². The van der Waals surface area contributed by atoms with Gasteiger partial charge in [-0.25, -0.2) is 0 Å². The summed E-state index contributed by atoms with van der Waals surface area (Å²) in [6.45, 7) is 2.52. The normalized spacial score (nSPS) is 12.2. The van der Waals surface area contributed by atoms with Gasteiger partial charge in [-0.1, -0.05) is 6.07 Å². The molecule has 0 spiro atoms. The van der Waals surface area contributed by atoms with Crippen LogP contribution in [-0.2, 0) is 13.5 Å².